The van der Waals surface area contributed by atoms with Gasteiger partial charge in [-0.15, -0.1) is 11.3 Å². The van der Waals surface area contributed by atoms with Gasteiger partial charge in [0.1, 0.15) is 5.01 Å². The Bertz CT molecular complexity index is 560. The molecule has 0 unspecified atom stereocenters. The topological polar surface area (TPSA) is 103 Å². The van der Waals surface area contributed by atoms with Gasteiger partial charge in [0.25, 0.3) is 0 Å². The third-order valence-electron chi connectivity index (χ3n) is 2.87. The number of hydrogen-bond donors (Lipinski definition) is 3. The van der Waals surface area contributed by atoms with E-state index in [1.54, 1.807) is 11.3 Å². The third kappa shape index (κ3) is 4.04. The van der Waals surface area contributed by atoms with Gasteiger partial charge in [-0.25, -0.2) is 4.98 Å². The molecule has 1 aromatic heterocycles. The normalized spacial score (nSPS) is 12.1. The van der Waals surface area contributed by atoms with Crippen LogP contribution in [0.4, 0.5) is 0 Å². The van der Waals surface area contributed by atoms with E-state index >= 15 is 0 Å². The Hall–Kier alpha value is -1.92. The Morgan fingerprint density at radius 3 is 2.70 bits per heavy atom. The van der Waals surface area contributed by atoms with E-state index in [1.165, 1.54) is 5.56 Å². The number of nitrogens with zero attached hydrogens (tertiary/aromatic N) is 2. The van der Waals surface area contributed by atoms with Crippen molar-refractivity contribution in [1.29, 1.82) is 0 Å². The predicted molar refractivity (Wildman–Crippen MR) is 84.4 cm³/mol. The van der Waals surface area contributed by atoms with Gasteiger partial charge in [0.15, 0.2) is 5.96 Å². The second-order valence-electron chi connectivity index (χ2n) is 4.48. The molecule has 2 rings (SSSR count). The molecule has 1 atom stereocenters. The number of thiazole rings is 1. The summed E-state index contributed by atoms with van der Waals surface area (Å²) in [7, 11) is 0. The highest BCUT2D eigenvalue weighted by molar-refractivity contribution is 7.15. The van der Waals surface area contributed by atoms with E-state index in [0.717, 1.165) is 22.7 Å². The number of aromatic nitrogens is 1. The maximum Gasteiger partial charge on any atom is 0.185 e. The zero-order valence-corrected chi connectivity index (χ0v) is 12.0. The summed E-state index contributed by atoms with van der Waals surface area (Å²) in [4.78, 5) is 9.50. The van der Waals surface area contributed by atoms with Gasteiger partial charge in [-0.05, 0) is 18.4 Å². The fraction of sp³-hybridized carbons (Fsp3) is 0.286. The number of rotatable bonds is 6. The lowest BCUT2D eigenvalue weighted by Gasteiger charge is -2.06. The molecular formula is C14H19N5S. The number of benzene rings is 1. The molecule has 0 spiro atoms. The number of hydrogen-bond acceptors (Lipinski definition) is 4. The van der Waals surface area contributed by atoms with Crippen molar-refractivity contribution >= 4 is 17.3 Å². The van der Waals surface area contributed by atoms with Crippen LogP contribution in [-0.4, -0.2) is 17.5 Å². The Balaban J connectivity index is 1.93. The van der Waals surface area contributed by atoms with E-state index in [1.807, 2.05) is 24.4 Å². The van der Waals surface area contributed by atoms with Gasteiger partial charge in [-0.2, -0.15) is 0 Å². The molecular weight excluding hydrogens is 270 g/mol. The van der Waals surface area contributed by atoms with Crippen LogP contribution >= 0.6 is 11.3 Å². The first-order valence-electron chi connectivity index (χ1n) is 6.49. The molecule has 2 aromatic rings. The minimum atomic E-state index is -0.0633. The summed E-state index contributed by atoms with van der Waals surface area (Å²) in [6, 6.07) is 10.1. The fourth-order valence-corrected chi connectivity index (χ4v) is 2.80. The maximum absolute atomic E-state index is 6.14. The molecule has 0 saturated carbocycles. The van der Waals surface area contributed by atoms with Crippen LogP contribution in [0.25, 0.3) is 10.4 Å². The molecule has 0 amide bonds. The molecule has 0 aliphatic heterocycles. The summed E-state index contributed by atoms with van der Waals surface area (Å²) in [5.41, 5.74) is 17.9. The van der Waals surface area contributed by atoms with Gasteiger partial charge >= 0.3 is 0 Å². The van der Waals surface area contributed by atoms with Crippen molar-refractivity contribution in [2.45, 2.75) is 18.9 Å². The number of nitrogens with two attached hydrogens (primary N) is 3. The lowest BCUT2D eigenvalue weighted by molar-refractivity contribution is 0.615. The van der Waals surface area contributed by atoms with Gasteiger partial charge in [-0.3, -0.25) is 4.99 Å². The first kappa shape index (κ1) is 14.5. The second-order valence-corrected chi connectivity index (χ2v) is 5.55. The molecule has 1 aromatic carbocycles. The first-order valence-corrected chi connectivity index (χ1v) is 7.30. The maximum atomic E-state index is 6.14. The minimum Gasteiger partial charge on any atom is -0.370 e. The Kier molecular flexibility index (Phi) is 5.09. The smallest absolute Gasteiger partial charge is 0.185 e. The molecule has 20 heavy (non-hydrogen) atoms. The van der Waals surface area contributed by atoms with Crippen molar-refractivity contribution < 1.29 is 0 Å². The molecule has 0 radical (unpaired) electrons. The van der Waals surface area contributed by atoms with Crippen LogP contribution in [-0.2, 0) is 0 Å². The lowest BCUT2D eigenvalue weighted by atomic mass is 10.2. The van der Waals surface area contributed by atoms with Crippen molar-refractivity contribution in [2.24, 2.45) is 22.2 Å². The van der Waals surface area contributed by atoms with E-state index in [2.05, 4.69) is 22.1 Å². The van der Waals surface area contributed by atoms with Crippen LogP contribution in [0.3, 0.4) is 0 Å². The van der Waals surface area contributed by atoms with E-state index in [9.17, 15) is 0 Å². The summed E-state index contributed by atoms with van der Waals surface area (Å²) < 4.78 is 0. The summed E-state index contributed by atoms with van der Waals surface area (Å²) in [5.74, 6) is 0.124. The number of guanidine groups is 1. The fourth-order valence-electron chi connectivity index (χ4n) is 1.84. The highest BCUT2D eigenvalue weighted by Crippen LogP contribution is 2.29. The zero-order valence-electron chi connectivity index (χ0n) is 11.2. The minimum absolute atomic E-state index is 0.0633. The summed E-state index contributed by atoms with van der Waals surface area (Å²) >= 11 is 1.64. The molecule has 0 aliphatic carbocycles. The molecule has 6 N–H and O–H groups in total. The largest absolute Gasteiger partial charge is 0.370 e. The van der Waals surface area contributed by atoms with E-state index < -0.39 is 0 Å². The molecule has 0 aliphatic rings. The van der Waals surface area contributed by atoms with Crippen LogP contribution in [0.5, 0.6) is 0 Å². The molecule has 5 nitrogen and oxygen atoms in total. The highest BCUT2D eigenvalue weighted by atomic mass is 32.1. The molecule has 106 valence electrons. The van der Waals surface area contributed by atoms with Gasteiger partial charge in [0, 0.05) is 12.7 Å². The van der Waals surface area contributed by atoms with Gasteiger partial charge < -0.3 is 17.2 Å². The quantitative estimate of drug-likeness (QED) is 0.429. The molecule has 0 saturated heterocycles. The summed E-state index contributed by atoms with van der Waals surface area (Å²) in [5, 5.41) is 0.952. The Morgan fingerprint density at radius 2 is 2.00 bits per heavy atom. The predicted octanol–water partition coefficient (Wildman–Crippen LogP) is 1.86. The molecule has 0 bridgehead atoms. The third-order valence-corrected chi connectivity index (χ3v) is 4.05. The van der Waals surface area contributed by atoms with Gasteiger partial charge in [-0.1, -0.05) is 30.3 Å². The summed E-state index contributed by atoms with van der Waals surface area (Å²) in [6.45, 7) is 0.604. The van der Waals surface area contributed by atoms with Crippen LogP contribution in [0.2, 0.25) is 0 Å². The average Bonchev–Trinajstić information content (AvgIpc) is 2.94. The second kappa shape index (κ2) is 7.02. The summed E-state index contributed by atoms with van der Waals surface area (Å²) in [6.07, 6.45) is 3.54. The SMILES string of the molecule is NC(N)=NCCC[C@@H](N)c1ncc(-c2ccccc2)s1. The van der Waals surface area contributed by atoms with Gasteiger partial charge in [0.2, 0.25) is 0 Å². The molecule has 6 heteroatoms. The van der Waals surface area contributed by atoms with Crippen molar-refractivity contribution in [3.8, 4) is 10.4 Å². The highest BCUT2D eigenvalue weighted by Gasteiger charge is 2.11. The van der Waals surface area contributed by atoms with Crippen LogP contribution < -0.4 is 17.2 Å². The monoisotopic (exact) mass is 289 g/mol. The zero-order chi connectivity index (χ0) is 14.4. The van der Waals surface area contributed by atoms with Gasteiger partial charge in [0.05, 0.1) is 10.9 Å². The standard InChI is InChI=1S/C14H19N5S/c15-11(7-4-8-18-14(16)17)13-19-9-12(20-13)10-5-2-1-3-6-10/h1-3,5-6,9,11H,4,7-8,15H2,(H4,16,17,18)/t11-/m1/s1. The average molecular weight is 289 g/mol. The van der Waals surface area contributed by atoms with Crippen molar-refractivity contribution in [2.75, 3.05) is 6.54 Å². The van der Waals surface area contributed by atoms with Crippen LogP contribution in [0.1, 0.15) is 23.9 Å². The molecule has 0 fully saturated rings. The van der Waals surface area contributed by atoms with E-state index in [-0.39, 0.29) is 12.0 Å². The first-order chi connectivity index (χ1) is 9.66. The van der Waals surface area contributed by atoms with E-state index in [0.29, 0.717) is 6.54 Å². The van der Waals surface area contributed by atoms with Crippen molar-refractivity contribution in [3.05, 3.63) is 41.5 Å². The number of aliphatic imine (C=N–C) groups is 1. The lowest BCUT2D eigenvalue weighted by Crippen LogP contribution is -2.23. The van der Waals surface area contributed by atoms with Crippen LogP contribution in [0.15, 0.2) is 41.5 Å². The Labute approximate surface area is 122 Å². The van der Waals surface area contributed by atoms with Crippen LogP contribution in [0, 0.1) is 0 Å². The Morgan fingerprint density at radius 1 is 1.25 bits per heavy atom. The van der Waals surface area contributed by atoms with Crippen molar-refractivity contribution in [3.63, 3.8) is 0 Å². The van der Waals surface area contributed by atoms with E-state index in [4.69, 9.17) is 17.2 Å². The van der Waals surface area contributed by atoms with Crippen molar-refractivity contribution in [1.82, 2.24) is 4.98 Å². The molecule has 1 heterocycles.